The molecule has 0 aromatic heterocycles. The monoisotopic (exact) mass is 198 g/mol. The zero-order valence-electron chi connectivity index (χ0n) is 8.99. The number of aliphatic hydroxyl groups is 1. The van der Waals surface area contributed by atoms with Crippen molar-refractivity contribution in [3.05, 3.63) is 12.2 Å². The second-order valence-electron chi connectivity index (χ2n) is 4.16. The zero-order valence-corrected chi connectivity index (χ0v) is 8.99. The molecule has 0 aliphatic heterocycles. The van der Waals surface area contributed by atoms with Crippen molar-refractivity contribution in [2.45, 2.75) is 26.4 Å². The molecule has 1 rings (SSSR count). The molecule has 0 aromatic rings. The highest BCUT2D eigenvalue weighted by atomic mass is 16.5. The van der Waals surface area contributed by atoms with Gasteiger partial charge in [-0.3, -0.25) is 4.79 Å². The molecule has 0 spiro atoms. The lowest BCUT2D eigenvalue weighted by molar-refractivity contribution is -0.148. The van der Waals surface area contributed by atoms with Crippen molar-refractivity contribution < 1.29 is 14.6 Å². The van der Waals surface area contributed by atoms with E-state index in [4.69, 9.17) is 4.74 Å². The highest BCUT2D eigenvalue weighted by Gasteiger charge is 2.44. The first-order valence-corrected chi connectivity index (χ1v) is 4.90. The lowest BCUT2D eigenvalue weighted by Crippen LogP contribution is -2.27. The molecule has 14 heavy (non-hydrogen) atoms. The van der Waals surface area contributed by atoms with E-state index in [1.807, 2.05) is 13.8 Å². The lowest BCUT2D eigenvalue weighted by atomic mass is 9.86. The van der Waals surface area contributed by atoms with Gasteiger partial charge in [0.25, 0.3) is 0 Å². The molecule has 3 heteroatoms. The average molecular weight is 198 g/mol. The van der Waals surface area contributed by atoms with E-state index in [1.54, 1.807) is 0 Å². The number of allylic oxidation sites excluding steroid dienone is 1. The Morgan fingerprint density at radius 1 is 1.57 bits per heavy atom. The van der Waals surface area contributed by atoms with E-state index < -0.39 is 6.10 Å². The average Bonchev–Trinajstić information content (AvgIpc) is 2.43. The first kappa shape index (κ1) is 11.2. The standard InChI is InChI=1S/C11H18O3/c1-6(2)8-5-9(12)7(3)10(8)11(13)14-4/h7-10,12H,1,5H2,2-4H3. The molecule has 0 aromatic carbocycles. The third-order valence-electron chi connectivity index (χ3n) is 3.21. The molecule has 1 aliphatic carbocycles. The van der Waals surface area contributed by atoms with Crippen LogP contribution in [-0.4, -0.2) is 24.3 Å². The number of methoxy groups -OCH3 is 1. The lowest BCUT2D eigenvalue weighted by Gasteiger charge is -2.20. The van der Waals surface area contributed by atoms with Gasteiger partial charge in [0.05, 0.1) is 19.1 Å². The summed E-state index contributed by atoms with van der Waals surface area (Å²) in [7, 11) is 1.38. The van der Waals surface area contributed by atoms with Gasteiger partial charge in [-0.05, 0) is 25.2 Å². The summed E-state index contributed by atoms with van der Waals surface area (Å²) in [5, 5.41) is 9.68. The van der Waals surface area contributed by atoms with Crippen LogP contribution in [0.4, 0.5) is 0 Å². The Kier molecular flexibility index (Phi) is 3.32. The van der Waals surface area contributed by atoms with Gasteiger partial charge in [-0.2, -0.15) is 0 Å². The van der Waals surface area contributed by atoms with Gasteiger partial charge in [0, 0.05) is 0 Å². The van der Waals surface area contributed by atoms with Gasteiger partial charge in [-0.15, -0.1) is 0 Å². The Balaban J connectivity index is 2.86. The van der Waals surface area contributed by atoms with Crippen LogP contribution >= 0.6 is 0 Å². The molecule has 80 valence electrons. The van der Waals surface area contributed by atoms with Crippen LogP contribution in [-0.2, 0) is 9.53 Å². The van der Waals surface area contributed by atoms with Crippen LogP contribution in [0.3, 0.4) is 0 Å². The summed E-state index contributed by atoms with van der Waals surface area (Å²) in [6, 6.07) is 0. The minimum absolute atomic E-state index is 0.0378. The maximum atomic E-state index is 11.5. The number of carbonyl (C=O) groups excluding carboxylic acids is 1. The quantitative estimate of drug-likeness (QED) is 0.538. The van der Waals surface area contributed by atoms with Crippen molar-refractivity contribution in [3.63, 3.8) is 0 Å². The molecular formula is C11H18O3. The molecule has 0 heterocycles. The number of rotatable bonds is 2. The van der Waals surface area contributed by atoms with E-state index in [-0.39, 0.29) is 23.7 Å². The SMILES string of the molecule is C=C(C)C1CC(O)C(C)C1C(=O)OC. The summed E-state index contributed by atoms with van der Waals surface area (Å²) in [6.45, 7) is 7.63. The van der Waals surface area contributed by atoms with Crippen molar-refractivity contribution in [2.75, 3.05) is 7.11 Å². The van der Waals surface area contributed by atoms with Gasteiger partial charge >= 0.3 is 5.97 Å². The fourth-order valence-corrected chi connectivity index (χ4v) is 2.25. The summed E-state index contributed by atoms with van der Waals surface area (Å²) >= 11 is 0. The molecule has 0 saturated heterocycles. The highest BCUT2D eigenvalue weighted by Crippen LogP contribution is 2.41. The molecule has 1 saturated carbocycles. The number of esters is 1. The molecule has 4 unspecified atom stereocenters. The van der Waals surface area contributed by atoms with Gasteiger partial charge in [0.1, 0.15) is 0 Å². The molecule has 0 radical (unpaired) electrons. The molecule has 1 N–H and O–H groups in total. The van der Waals surface area contributed by atoms with Crippen LogP contribution in [0.25, 0.3) is 0 Å². The predicted molar refractivity (Wildman–Crippen MR) is 53.6 cm³/mol. The van der Waals surface area contributed by atoms with E-state index in [2.05, 4.69) is 6.58 Å². The summed E-state index contributed by atoms with van der Waals surface area (Å²) in [5.41, 5.74) is 0.948. The Labute approximate surface area is 84.8 Å². The number of ether oxygens (including phenoxy) is 1. The molecule has 0 amide bonds. The van der Waals surface area contributed by atoms with Gasteiger partial charge in [0.15, 0.2) is 0 Å². The smallest absolute Gasteiger partial charge is 0.309 e. The minimum Gasteiger partial charge on any atom is -0.469 e. The second-order valence-corrected chi connectivity index (χ2v) is 4.16. The molecule has 1 fully saturated rings. The minimum atomic E-state index is -0.416. The Bertz CT molecular complexity index is 247. The largest absolute Gasteiger partial charge is 0.469 e. The van der Waals surface area contributed by atoms with E-state index in [0.717, 1.165) is 5.57 Å². The predicted octanol–water partition coefficient (Wildman–Crippen LogP) is 1.37. The molecular weight excluding hydrogens is 180 g/mol. The first-order chi connectivity index (χ1) is 6.49. The number of aliphatic hydroxyl groups excluding tert-OH is 1. The summed E-state index contributed by atoms with van der Waals surface area (Å²) in [5.74, 6) is -0.439. The maximum Gasteiger partial charge on any atom is 0.309 e. The highest BCUT2D eigenvalue weighted by molar-refractivity contribution is 5.74. The van der Waals surface area contributed by atoms with Crippen LogP contribution in [0, 0.1) is 17.8 Å². The molecule has 4 atom stereocenters. The zero-order chi connectivity index (χ0) is 10.9. The Morgan fingerprint density at radius 2 is 2.14 bits per heavy atom. The second kappa shape index (κ2) is 4.13. The topological polar surface area (TPSA) is 46.5 Å². The van der Waals surface area contributed by atoms with Crippen molar-refractivity contribution >= 4 is 5.97 Å². The molecule has 0 bridgehead atoms. The van der Waals surface area contributed by atoms with E-state index in [0.29, 0.717) is 6.42 Å². The Morgan fingerprint density at radius 3 is 2.57 bits per heavy atom. The van der Waals surface area contributed by atoms with Crippen LogP contribution in [0.2, 0.25) is 0 Å². The Hall–Kier alpha value is -0.830. The van der Waals surface area contributed by atoms with Crippen molar-refractivity contribution in [1.29, 1.82) is 0 Å². The van der Waals surface area contributed by atoms with Crippen LogP contribution in [0.1, 0.15) is 20.3 Å². The van der Waals surface area contributed by atoms with Crippen LogP contribution in [0.15, 0.2) is 12.2 Å². The first-order valence-electron chi connectivity index (χ1n) is 4.90. The number of hydrogen-bond donors (Lipinski definition) is 1. The normalized spacial score (nSPS) is 36.9. The fraction of sp³-hybridized carbons (Fsp3) is 0.727. The third-order valence-corrected chi connectivity index (χ3v) is 3.21. The van der Waals surface area contributed by atoms with Crippen molar-refractivity contribution in [2.24, 2.45) is 17.8 Å². The third kappa shape index (κ3) is 1.82. The summed E-state index contributed by atoms with van der Waals surface area (Å²) < 4.78 is 4.74. The summed E-state index contributed by atoms with van der Waals surface area (Å²) in [6.07, 6.45) is 0.205. The van der Waals surface area contributed by atoms with Crippen LogP contribution < -0.4 is 0 Å². The molecule has 3 nitrogen and oxygen atoms in total. The van der Waals surface area contributed by atoms with E-state index in [1.165, 1.54) is 7.11 Å². The van der Waals surface area contributed by atoms with Gasteiger partial charge < -0.3 is 9.84 Å². The van der Waals surface area contributed by atoms with Crippen molar-refractivity contribution in [1.82, 2.24) is 0 Å². The van der Waals surface area contributed by atoms with E-state index >= 15 is 0 Å². The fourth-order valence-electron chi connectivity index (χ4n) is 2.25. The maximum absolute atomic E-state index is 11.5. The summed E-state index contributed by atoms with van der Waals surface area (Å²) in [4.78, 5) is 11.5. The van der Waals surface area contributed by atoms with Crippen molar-refractivity contribution in [3.8, 4) is 0 Å². The number of carbonyl (C=O) groups is 1. The molecule has 1 aliphatic rings. The van der Waals surface area contributed by atoms with Gasteiger partial charge in [-0.1, -0.05) is 19.1 Å². The van der Waals surface area contributed by atoms with Gasteiger partial charge in [0.2, 0.25) is 0 Å². The van der Waals surface area contributed by atoms with Gasteiger partial charge in [-0.25, -0.2) is 0 Å². The van der Waals surface area contributed by atoms with Crippen LogP contribution in [0.5, 0.6) is 0 Å². The number of hydrogen-bond acceptors (Lipinski definition) is 3. The van der Waals surface area contributed by atoms with E-state index in [9.17, 15) is 9.90 Å².